The van der Waals surface area contributed by atoms with Crippen LogP contribution in [0.25, 0.3) is 22.6 Å². The van der Waals surface area contributed by atoms with E-state index in [9.17, 15) is 4.39 Å². The fraction of sp³-hybridized carbons (Fsp3) is 0.174. The van der Waals surface area contributed by atoms with Crippen LogP contribution in [0.4, 0.5) is 4.39 Å². The SMILES string of the molecule is Fc1cccc(-c2cc(CN3CCc4nc(-c5ccc(Cl)cc5)ncc4C3)on2)c1. The minimum absolute atomic E-state index is 0.289. The van der Waals surface area contributed by atoms with Crippen LogP contribution in [0.3, 0.4) is 0 Å². The Morgan fingerprint density at radius 2 is 1.93 bits per heavy atom. The number of hydrogen-bond donors (Lipinski definition) is 0. The lowest BCUT2D eigenvalue weighted by Crippen LogP contribution is -2.30. The van der Waals surface area contributed by atoms with Crippen LogP contribution in [0, 0.1) is 5.82 Å². The molecule has 2 aromatic carbocycles. The van der Waals surface area contributed by atoms with Gasteiger partial charge in [0.25, 0.3) is 0 Å². The smallest absolute Gasteiger partial charge is 0.159 e. The van der Waals surface area contributed by atoms with Crippen molar-refractivity contribution in [1.82, 2.24) is 20.0 Å². The van der Waals surface area contributed by atoms with E-state index in [1.165, 1.54) is 12.1 Å². The highest BCUT2D eigenvalue weighted by Gasteiger charge is 2.20. The topological polar surface area (TPSA) is 55.1 Å². The van der Waals surface area contributed by atoms with Crippen molar-refractivity contribution in [2.75, 3.05) is 6.54 Å². The third-order valence-electron chi connectivity index (χ3n) is 5.17. The molecule has 2 aromatic heterocycles. The number of hydrogen-bond acceptors (Lipinski definition) is 5. The van der Waals surface area contributed by atoms with E-state index in [1.807, 2.05) is 42.6 Å². The van der Waals surface area contributed by atoms with Gasteiger partial charge in [-0.05, 0) is 36.4 Å². The van der Waals surface area contributed by atoms with E-state index in [2.05, 4.69) is 15.0 Å². The second-order valence-electron chi connectivity index (χ2n) is 7.32. The number of fused-ring (bicyclic) bond motifs is 1. The number of benzene rings is 2. The lowest BCUT2D eigenvalue weighted by atomic mass is 10.1. The van der Waals surface area contributed by atoms with Gasteiger partial charge in [-0.3, -0.25) is 4.90 Å². The van der Waals surface area contributed by atoms with Crippen LogP contribution < -0.4 is 0 Å². The first-order valence-corrected chi connectivity index (χ1v) is 10.1. The second-order valence-corrected chi connectivity index (χ2v) is 7.76. The summed E-state index contributed by atoms with van der Waals surface area (Å²) in [4.78, 5) is 11.6. The fourth-order valence-electron chi connectivity index (χ4n) is 3.64. The predicted molar refractivity (Wildman–Crippen MR) is 112 cm³/mol. The molecule has 0 radical (unpaired) electrons. The van der Waals surface area contributed by atoms with Crippen LogP contribution in [0.5, 0.6) is 0 Å². The van der Waals surface area contributed by atoms with E-state index in [0.29, 0.717) is 28.6 Å². The molecule has 0 atom stereocenters. The lowest BCUT2D eigenvalue weighted by Gasteiger charge is -2.27. The Morgan fingerprint density at radius 1 is 1.07 bits per heavy atom. The van der Waals surface area contributed by atoms with Gasteiger partial charge in [0.15, 0.2) is 11.6 Å². The molecule has 7 heteroatoms. The van der Waals surface area contributed by atoms with Crippen molar-refractivity contribution in [2.45, 2.75) is 19.5 Å². The summed E-state index contributed by atoms with van der Waals surface area (Å²) in [5.41, 5.74) is 4.49. The average molecular weight is 421 g/mol. The Kier molecular flexibility index (Phi) is 5.02. The Morgan fingerprint density at radius 3 is 2.77 bits per heavy atom. The first kappa shape index (κ1) is 18.9. The Labute approximate surface area is 178 Å². The van der Waals surface area contributed by atoms with E-state index in [-0.39, 0.29) is 5.82 Å². The largest absolute Gasteiger partial charge is 0.359 e. The minimum Gasteiger partial charge on any atom is -0.359 e. The molecule has 5 rings (SSSR count). The van der Waals surface area contributed by atoms with Crippen molar-refractivity contribution < 1.29 is 8.91 Å². The zero-order chi connectivity index (χ0) is 20.5. The quantitative estimate of drug-likeness (QED) is 0.457. The highest BCUT2D eigenvalue weighted by atomic mass is 35.5. The van der Waals surface area contributed by atoms with Crippen molar-refractivity contribution in [3.8, 4) is 22.6 Å². The van der Waals surface area contributed by atoms with Gasteiger partial charge >= 0.3 is 0 Å². The normalized spacial score (nSPS) is 13.9. The molecule has 3 heterocycles. The fourth-order valence-corrected chi connectivity index (χ4v) is 3.77. The molecular weight excluding hydrogens is 403 g/mol. The zero-order valence-electron chi connectivity index (χ0n) is 16.1. The van der Waals surface area contributed by atoms with Crippen molar-refractivity contribution in [3.63, 3.8) is 0 Å². The third kappa shape index (κ3) is 3.97. The van der Waals surface area contributed by atoms with Gasteiger partial charge in [0, 0.05) is 53.5 Å². The number of rotatable bonds is 4. The minimum atomic E-state index is -0.289. The summed E-state index contributed by atoms with van der Waals surface area (Å²) in [6, 6.07) is 15.8. The molecule has 150 valence electrons. The van der Waals surface area contributed by atoms with Crippen LogP contribution in [0.1, 0.15) is 17.0 Å². The summed E-state index contributed by atoms with van der Waals surface area (Å²) in [6.07, 6.45) is 2.74. The van der Waals surface area contributed by atoms with Gasteiger partial charge in [-0.1, -0.05) is 28.9 Å². The van der Waals surface area contributed by atoms with Gasteiger partial charge in [-0.25, -0.2) is 14.4 Å². The molecule has 1 aliphatic rings. The van der Waals surface area contributed by atoms with Crippen molar-refractivity contribution >= 4 is 11.6 Å². The maximum Gasteiger partial charge on any atom is 0.159 e. The molecule has 30 heavy (non-hydrogen) atoms. The summed E-state index contributed by atoms with van der Waals surface area (Å²) in [5.74, 6) is 1.17. The van der Waals surface area contributed by atoms with E-state index >= 15 is 0 Å². The summed E-state index contributed by atoms with van der Waals surface area (Å²) in [6.45, 7) is 2.23. The summed E-state index contributed by atoms with van der Waals surface area (Å²) in [7, 11) is 0. The molecular formula is C23H18ClFN4O. The van der Waals surface area contributed by atoms with Crippen molar-refractivity contribution in [3.05, 3.63) is 88.7 Å². The van der Waals surface area contributed by atoms with Crippen LogP contribution in [-0.4, -0.2) is 26.6 Å². The van der Waals surface area contributed by atoms with E-state index < -0.39 is 0 Å². The Balaban J connectivity index is 1.29. The van der Waals surface area contributed by atoms with Crippen LogP contribution in [-0.2, 0) is 19.5 Å². The molecule has 1 aliphatic heterocycles. The van der Waals surface area contributed by atoms with Gasteiger partial charge in [0.05, 0.1) is 12.2 Å². The first-order chi connectivity index (χ1) is 14.6. The number of nitrogens with zero attached hydrogens (tertiary/aromatic N) is 4. The molecule has 0 fully saturated rings. The van der Waals surface area contributed by atoms with Crippen LogP contribution in [0.15, 0.2) is 65.3 Å². The molecule has 0 N–H and O–H groups in total. The highest BCUT2D eigenvalue weighted by molar-refractivity contribution is 6.30. The predicted octanol–water partition coefficient (Wildman–Crippen LogP) is 5.15. The monoisotopic (exact) mass is 420 g/mol. The van der Waals surface area contributed by atoms with Crippen molar-refractivity contribution in [2.24, 2.45) is 0 Å². The molecule has 0 amide bonds. The Hall–Kier alpha value is -3.09. The second kappa shape index (κ2) is 7.97. The molecule has 0 saturated carbocycles. The van der Waals surface area contributed by atoms with Gasteiger partial charge < -0.3 is 4.52 Å². The van der Waals surface area contributed by atoms with Crippen LogP contribution in [0.2, 0.25) is 5.02 Å². The number of aromatic nitrogens is 3. The summed E-state index contributed by atoms with van der Waals surface area (Å²) in [5, 5.41) is 4.78. The summed E-state index contributed by atoms with van der Waals surface area (Å²) < 4.78 is 18.9. The lowest BCUT2D eigenvalue weighted by molar-refractivity contribution is 0.213. The van der Waals surface area contributed by atoms with Gasteiger partial charge in [0.1, 0.15) is 11.5 Å². The van der Waals surface area contributed by atoms with Gasteiger partial charge in [-0.2, -0.15) is 0 Å². The summed E-state index contributed by atoms with van der Waals surface area (Å²) >= 11 is 5.97. The maximum absolute atomic E-state index is 13.4. The van der Waals surface area contributed by atoms with Crippen molar-refractivity contribution in [1.29, 1.82) is 0 Å². The molecule has 0 aliphatic carbocycles. The standard InChI is InChI=1S/C23H18ClFN4O/c24-18-6-4-15(5-7-18)23-26-12-17-13-29(9-8-21(17)27-23)14-20-11-22(28-30-20)16-2-1-3-19(25)10-16/h1-7,10-12H,8-9,13-14H2. The molecule has 0 saturated heterocycles. The third-order valence-corrected chi connectivity index (χ3v) is 5.43. The van der Waals surface area contributed by atoms with E-state index in [0.717, 1.165) is 42.1 Å². The number of halogens is 2. The average Bonchev–Trinajstić information content (AvgIpc) is 3.22. The van der Waals surface area contributed by atoms with E-state index in [1.54, 1.807) is 6.07 Å². The highest BCUT2D eigenvalue weighted by Crippen LogP contribution is 2.25. The first-order valence-electron chi connectivity index (χ1n) is 9.69. The van der Waals surface area contributed by atoms with Gasteiger partial charge in [0.2, 0.25) is 0 Å². The van der Waals surface area contributed by atoms with E-state index in [4.69, 9.17) is 21.1 Å². The van der Waals surface area contributed by atoms with Gasteiger partial charge in [-0.15, -0.1) is 0 Å². The molecule has 0 unspecified atom stereocenters. The zero-order valence-corrected chi connectivity index (χ0v) is 16.8. The van der Waals surface area contributed by atoms with Crippen LogP contribution >= 0.6 is 11.6 Å². The molecule has 0 bridgehead atoms. The molecule has 5 nitrogen and oxygen atoms in total. The molecule has 4 aromatic rings. The molecule has 0 spiro atoms. The Bertz CT molecular complexity index is 1190. The maximum atomic E-state index is 13.4.